The SMILES string of the molecule is CCOCCN(CC)c1ncc(N)cc1Br. The van der Waals surface area contributed by atoms with Crippen molar-refractivity contribution in [1.29, 1.82) is 0 Å². The lowest BCUT2D eigenvalue weighted by atomic mass is 10.4. The molecule has 0 fully saturated rings. The summed E-state index contributed by atoms with van der Waals surface area (Å²) in [5, 5.41) is 0. The Kier molecular flexibility index (Phi) is 5.55. The number of hydrogen-bond donors (Lipinski definition) is 1. The minimum absolute atomic E-state index is 0.663. The molecular formula is C11H18BrN3O. The highest BCUT2D eigenvalue weighted by atomic mass is 79.9. The Morgan fingerprint density at radius 2 is 2.25 bits per heavy atom. The maximum absolute atomic E-state index is 5.66. The molecule has 16 heavy (non-hydrogen) atoms. The molecule has 1 aromatic heterocycles. The van der Waals surface area contributed by atoms with Gasteiger partial charge in [0.1, 0.15) is 5.82 Å². The monoisotopic (exact) mass is 287 g/mol. The Bertz CT molecular complexity index is 333. The lowest BCUT2D eigenvalue weighted by molar-refractivity contribution is 0.154. The second-order valence-electron chi connectivity index (χ2n) is 3.35. The summed E-state index contributed by atoms with van der Waals surface area (Å²) in [7, 11) is 0. The third kappa shape index (κ3) is 3.64. The summed E-state index contributed by atoms with van der Waals surface area (Å²) < 4.78 is 6.26. The fraction of sp³-hybridized carbons (Fsp3) is 0.545. The number of hydrogen-bond acceptors (Lipinski definition) is 4. The number of nitrogen functional groups attached to an aromatic ring is 1. The first-order valence-corrected chi connectivity index (χ1v) is 6.22. The van der Waals surface area contributed by atoms with E-state index in [1.54, 1.807) is 6.20 Å². The Morgan fingerprint density at radius 1 is 1.50 bits per heavy atom. The van der Waals surface area contributed by atoms with E-state index in [2.05, 4.69) is 32.7 Å². The molecule has 0 saturated carbocycles. The molecule has 0 aliphatic heterocycles. The van der Waals surface area contributed by atoms with Crippen molar-refractivity contribution in [3.05, 3.63) is 16.7 Å². The molecule has 0 saturated heterocycles. The molecular weight excluding hydrogens is 270 g/mol. The summed E-state index contributed by atoms with van der Waals surface area (Å²) in [5.74, 6) is 0.913. The van der Waals surface area contributed by atoms with Gasteiger partial charge < -0.3 is 15.4 Å². The Labute approximate surface area is 105 Å². The fourth-order valence-electron chi connectivity index (χ4n) is 1.41. The minimum Gasteiger partial charge on any atom is -0.397 e. The highest BCUT2D eigenvalue weighted by Crippen LogP contribution is 2.25. The van der Waals surface area contributed by atoms with Crippen LogP contribution >= 0.6 is 15.9 Å². The largest absolute Gasteiger partial charge is 0.397 e. The van der Waals surface area contributed by atoms with Gasteiger partial charge >= 0.3 is 0 Å². The predicted octanol–water partition coefficient (Wildman–Crippen LogP) is 2.29. The van der Waals surface area contributed by atoms with Gasteiger partial charge in [-0.25, -0.2) is 4.98 Å². The zero-order chi connectivity index (χ0) is 12.0. The van der Waals surface area contributed by atoms with Gasteiger partial charge in [-0.05, 0) is 35.8 Å². The van der Waals surface area contributed by atoms with Gasteiger partial charge in [0.2, 0.25) is 0 Å². The van der Waals surface area contributed by atoms with Crippen LogP contribution in [0.4, 0.5) is 11.5 Å². The molecule has 0 bridgehead atoms. The molecule has 0 aromatic carbocycles. The number of rotatable bonds is 6. The number of nitrogens with zero attached hydrogens (tertiary/aromatic N) is 2. The summed E-state index contributed by atoms with van der Waals surface area (Å²) in [6.07, 6.45) is 1.67. The number of nitrogens with two attached hydrogens (primary N) is 1. The van der Waals surface area contributed by atoms with E-state index in [9.17, 15) is 0 Å². The molecule has 2 N–H and O–H groups in total. The average Bonchev–Trinajstić information content (AvgIpc) is 2.26. The van der Waals surface area contributed by atoms with Crippen LogP contribution in [0.25, 0.3) is 0 Å². The molecule has 0 amide bonds. The van der Waals surface area contributed by atoms with Gasteiger partial charge in [0, 0.05) is 19.7 Å². The van der Waals surface area contributed by atoms with Crippen LogP contribution in [-0.2, 0) is 4.74 Å². The van der Waals surface area contributed by atoms with E-state index in [-0.39, 0.29) is 0 Å². The molecule has 1 rings (SSSR count). The molecule has 0 unspecified atom stereocenters. The number of ether oxygens (including phenoxy) is 1. The Balaban J connectivity index is 2.70. The van der Waals surface area contributed by atoms with Gasteiger partial charge in [-0.3, -0.25) is 0 Å². The first kappa shape index (κ1) is 13.3. The normalized spacial score (nSPS) is 10.4. The number of anilines is 2. The van der Waals surface area contributed by atoms with Crippen LogP contribution in [0, 0.1) is 0 Å². The summed E-state index contributed by atoms with van der Waals surface area (Å²) in [6.45, 7) is 7.27. The molecule has 90 valence electrons. The molecule has 1 heterocycles. The molecule has 1 aromatic rings. The van der Waals surface area contributed by atoms with Gasteiger partial charge in [-0.2, -0.15) is 0 Å². The maximum atomic E-state index is 5.66. The van der Waals surface area contributed by atoms with E-state index >= 15 is 0 Å². The van der Waals surface area contributed by atoms with Crippen molar-refractivity contribution >= 4 is 27.4 Å². The van der Waals surface area contributed by atoms with Crippen LogP contribution in [0.1, 0.15) is 13.8 Å². The second-order valence-corrected chi connectivity index (χ2v) is 4.21. The molecule has 0 spiro atoms. The van der Waals surface area contributed by atoms with Crippen LogP contribution in [0.2, 0.25) is 0 Å². The molecule has 0 atom stereocenters. The van der Waals surface area contributed by atoms with E-state index < -0.39 is 0 Å². The molecule has 5 heteroatoms. The van der Waals surface area contributed by atoms with Crippen LogP contribution < -0.4 is 10.6 Å². The Morgan fingerprint density at radius 3 is 2.81 bits per heavy atom. The molecule has 0 aliphatic carbocycles. The van der Waals surface area contributed by atoms with Gasteiger partial charge in [0.15, 0.2) is 0 Å². The van der Waals surface area contributed by atoms with Crippen molar-refractivity contribution in [2.24, 2.45) is 0 Å². The topological polar surface area (TPSA) is 51.4 Å². The number of likely N-dealkylation sites (N-methyl/N-ethyl adjacent to an activating group) is 1. The van der Waals surface area contributed by atoms with Crippen molar-refractivity contribution in [3.8, 4) is 0 Å². The zero-order valence-electron chi connectivity index (χ0n) is 9.74. The van der Waals surface area contributed by atoms with Gasteiger partial charge in [-0.15, -0.1) is 0 Å². The number of halogens is 1. The number of pyridine rings is 1. The minimum atomic E-state index is 0.663. The highest BCUT2D eigenvalue weighted by molar-refractivity contribution is 9.10. The third-order valence-corrected chi connectivity index (χ3v) is 2.82. The lowest BCUT2D eigenvalue weighted by Crippen LogP contribution is -2.28. The van der Waals surface area contributed by atoms with Crippen molar-refractivity contribution in [1.82, 2.24) is 4.98 Å². The fourth-order valence-corrected chi connectivity index (χ4v) is 2.03. The standard InChI is InChI=1S/C11H18BrN3O/c1-3-15(5-6-16-4-2)11-10(12)7-9(13)8-14-11/h7-8H,3-6,13H2,1-2H3. The van der Waals surface area contributed by atoms with E-state index in [1.807, 2.05) is 13.0 Å². The van der Waals surface area contributed by atoms with Crippen molar-refractivity contribution in [2.75, 3.05) is 36.9 Å². The summed E-state index contributed by atoms with van der Waals surface area (Å²) in [4.78, 5) is 6.48. The van der Waals surface area contributed by atoms with E-state index in [0.29, 0.717) is 12.3 Å². The van der Waals surface area contributed by atoms with Crippen LogP contribution in [0.3, 0.4) is 0 Å². The first-order chi connectivity index (χ1) is 7.69. The van der Waals surface area contributed by atoms with E-state index in [1.165, 1.54) is 0 Å². The van der Waals surface area contributed by atoms with Gasteiger partial charge in [-0.1, -0.05) is 0 Å². The van der Waals surface area contributed by atoms with Crippen molar-refractivity contribution in [3.63, 3.8) is 0 Å². The number of aromatic nitrogens is 1. The van der Waals surface area contributed by atoms with Crippen molar-refractivity contribution in [2.45, 2.75) is 13.8 Å². The van der Waals surface area contributed by atoms with Crippen LogP contribution in [0.5, 0.6) is 0 Å². The first-order valence-electron chi connectivity index (χ1n) is 5.42. The van der Waals surface area contributed by atoms with Gasteiger partial charge in [0.05, 0.1) is 23.0 Å². The zero-order valence-corrected chi connectivity index (χ0v) is 11.3. The van der Waals surface area contributed by atoms with E-state index in [0.717, 1.165) is 30.0 Å². The van der Waals surface area contributed by atoms with Crippen molar-refractivity contribution < 1.29 is 4.74 Å². The molecule has 0 radical (unpaired) electrons. The quantitative estimate of drug-likeness (QED) is 0.816. The second kappa shape index (κ2) is 6.70. The lowest BCUT2D eigenvalue weighted by Gasteiger charge is -2.22. The molecule has 4 nitrogen and oxygen atoms in total. The van der Waals surface area contributed by atoms with Crippen LogP contribution in [-0.4, -0.2) is 31.3 Å². The summed E-state index contributed by atoms with van der Waals surface area (Å²) in [5.41, 5.74) is 6.32. The summed E-state index contributed by atoms with van der Waals surface area (Å²) in [6, 6.07) is 1.87. The molecule has 0 aliphatic rings. The van der Waals surface area contributed by atoms with Crippen LogP contribution in [0.15, 0.2) is 16.7 Å². The summed E-state index contributed by atoms with van der Waals surface area (Å²) >= 11 is 3.47. The average molecular weight is 288 g/mol. The third-order valence-electron chi connectivity index (χ3n) is 2.23. The smallest absolute Gasteiger partial charge is 0.143 e. The highest BCUT2D eigenvalue weighted by Gasteiger charge is 2.09. The van der Waals surface area contributed by atoms with Gasteiger partial charge in [0.25, 0.3) is 0 Å². The maximum Gasteiger partial charge on any atom is 0.143 e. The Hall–Kier alpha value is -0.810. The van der Waals surface area contributed by atoms with E-state index in [4.69, 9.17) is 10.5 Å². The predicted molar refractivity (Wildman–Crippen MR) is 70.7 cm³/mol.